The van der Waals surface area contributed by atoms with E-state index >= 15 is 0 Å². The van der Waals surface area contributed by atoms with Crippen LogP contribution in [0.25, 0.3) is 0 Å². The van der Waals surface area contributed by atoms with Gasteiger partial charge in [0.1, 0.15) is 0 Å². The van der Waals surface area contributed by atoms with E-state index in [0.717, 1.165) is 5.92 Å². The lowest BCUT2D eigenvalue weighted by molar-refractivity contribution is 0.734. The Balaban J connectivity index is 2.15. The monoisotopic (exact) mass is 156 g/mol. The van der Waals surface area contributed by atoms with Crippen LogP contribution in [-0.2, 0) is 0 Å². The van der Waals surface area contributed by atoms with Crippen LogP contribution in [-0.4, -0.2) is 0 Å². The molecule has 1 spiro atoms. The van der Waals surface area contributed by atoms with E-state index in [1.165, 1.54) is 17.6 Å². The standard InChI is InChI=1S/C12H12/c1-9-5-6-12-8-11(12)4-2-3-10(12)7-9/h2-7,11H,8H2,1H3. The van der Waals surface area contributed by atoms with Gasteiger partial charge in [-0.15, -0.1) is 0 Å². The van der Waals surface area contributed by atoms with Gasteiger partial charge in [-0.25, -0.2) is 0 Å². The Hall–Kier alpha value is -1.04. The first-order chi connectivity index (χ1) is 5.81. The zero-order valence-electron chi connectivity index (χ0n) is 7.25. The first-order valence-corrected chi connectivity index (χ1v) is 4.58. The zero-order valence-corrected chi connectivity index (χ0v) is 7.25. The van der Waals surface area contributed by atoms with Gasteiger partial charge in [0.2, 0.25) is 0 Å². The van der Waals surface area contributed by atoms with E-state index in [9.17, 15) is 0 Å². The predicted octanol–water partition coefficient (Wildman–Crippen LogP) is 3.01. The van der Waals surface area contributed by atoms with Gasteiger partial charge in [0, 0.05) is 5.41 Å². The van der Waals surface area contributed by atoms with Crippen LogP contribution in [0.3, 0.4) is 0 Å². The molecule has 0 aromatic heterocycles. The van der Waals surface area contributed by atoms with Crippen molar-refractivity contribution in [2.24, 2.45) is 11.3 Å². The van der Waals surface area contributed by atoms with Crippen molar-refractivity contribution in [1.29, 1.82) is 0 Å². The summed E-state index contributed by atoms with van der Waals surface area (Å²) >= 11 is 0. The minimum atomic E-state index is 0.439. The van der Waals surface area contributed by atoms with Crippen molar-refractivity contribution in [3.8, 4) is 0 Å². The lowest BCUT2D eigenvalue weighted by Crippen LogP contribution is -2.08. The molecule has 0 aliphatic heterocycles. The number of allylic oxidation sites excluding steroid dienone is 8. The number of hydrogen-bond acceptors (Lipinski definition) is 0. The van der Waals surface area contributed by atoms with Crippen molar-refractivity contribution in [2.75, 3.05) is 0 Å². The maximum absolute atomic E-state index is 2.39. The second kappa shape index (κ2) is 1.82. The van der Waals surface area contributed by atoms with E-state index in [1.807, 2.05) is 0 Å². The fraction of sp³-hybridized carbons (Fsp3) is 0.333. The molecule has 0 amide bonds. The predicted molar refractivity (Wildman–Crippen MR) is 50.7 cm³/mol. The van der Waals surface area contributed by atoms with Crippen LogP contribution >= 0.6 is 0 Å². The van der Waals surface area contributed by atoms with Crippen molar-refractivity contribution in [3.63, 3.8) is 0 Å². The number of hydrogen-bond donors (Lipinski definition) is 0. The van der Waals surface area contributed by atoms with Crippen LogP contribution in [0.4, 0.5) is 0 Å². The van der Waals surface area contributed by atoms with Crippen molar-refractivity contribution < 1.29 is 0 Å². The van der Waals surface area contributed by atoms with Gasteiger partial charge < -0.3 is 0 Å². The third-order valence-corrected chi connectivity index (χ3v) is 3.24. The molecular formula is C12H12. The largest absolute Gasteiger partial charge is 0.0802 e. The van der Waals surface area contributed by atoms with E-state index in [1.54, 1.807) is 0 Å². The quantitative estimate of drug-likeness (QED) is 0.505. The van der Waals surface area contributed by atoms with Gasteiger partial charge in [0.25, 0.3) is 0 Å². The molecule has 0 bridgehead atoms. The van der Waals surface area contributed by atoms with E-state index < -0.39 is 0 Å². The molecule has 2 unspecified atom stereocenters. The van der Waals surface area contributed by atoms with Crippen LogP contribution < -0.4 is 0 Å². The average molecular weight is 156 g/mol. The van der Waals surface area contributed by atoms with Crippen LogP contribution in [0.15, 0.2) is 47.6 Å². The fourth-order valence-electron chi connectivity index (χ4n) is 2.37. The summed E-state index contributed by atoms with van der Waals surface area (Å²) in [6, 6.07) is 0. The third-order valence-electron chi connectivity index (χ3n) is 3.24. The van der Waals surface area contributed by atoms with E-state index in [4.69, 9.17) is 0 Å². The molecule has 3 aliphatic rings. The summed E-state index contributed by atoms with van der Waals surface area (Å²) in [5, 5.41) is 0. The smallest absolute Gasteiger partial charge is 0.0204 e. The molecule has 2 atom stereocenters. The number of rotatable bonds is 0. The van der Waals surface area contributed by atoms with Gasteiger partial charge in [-0.3, -0.25) is 0 Å². The molecular weight excluding hydrogens is 144 g/mol. The molecule has 0 heteroatoms. The van der Waals surface area contributed by atoms with Crippen molar-refractivity contribution in [3.05, 3.63) is 47.6 Å². The van der Waals surface area contributed by atoms with Gasteiger partial charge in [-0.1, -0.05) is 42.0 Å². The average Bonchev–Trinajstić information content (AvgIpc) is 2.77. The first-order valence-electron chi connectivity index (χ1n) is 4.58. The molecule has 1 fully saturated rings. The molecule has 0 heterocycles. The Morgan fingerprint density at radius 3 is 3.33 bits per heavy atom. The molecule has 0 aromatic rings. The Morgan fingerprint density at radius 1 is 1.50 bits per heavy atom. The molecule has 0 saturated heterocycles. The minimum Gasteiger partial charge on any atom is -0.0802 e. The SMILES string of the molecule is CC1=CC2=CC=CC3CC23C=C1. The highest BCUT2D eigenvalue weighted by atomic mass is 14.6. The van der Waals surface area contributed by atoms with E-state index in [-0.39, 0.29) is 0 Å². The molecule has 60 valence electrons. The van der Waals surface area contributed by atoms with Crippen molar-refractivity contribution in [2.45, 2.75) is 13.3 Å². The Bertz CT molecular complexity index is 352. The summed E-state index contributed by atoms with van der Waals surface area (Å²) in [5.74, 6) is 0.804. The highest BCUT2D eigenvalue weighted by Gasteiger charge is 2.53. The summed E-state index contributed by atoms with van der Waals surface area (Å²) < 4.78 is 0. The maximum Gasteiger partial charge on any atom is 0.0204 e. The summed E-state index contributed by atoms with van der Waals surface area (Å²) in [4.78, 5) is 0. The topological polar surface area (TPSA) is 0 Å². The summed E-state index contributed by atoms with van der Waals surface area (Å²) in [6.45, 7) is 2.17. The lowest BCUT2D eigenvalue weighted by atomic mass is 9.84. The van der Waals surface area contributed by atoms with Crippen molar-refractivity contribution >= 4 is 0 Å². The fourth-order valence-corrected chi connectivity index (χ4v) is 2.37. The Labute approximate surface area is 73.0 Å². The van der Waals surface area contributed by atoms with Gasteiger partial charge in [0.05, 0.1) is 0 Å². The van der Waals surface area contributed by atoms with Gasteiger partial charge >= 0.3 is 0 Å². The third kappa shape index (κ3) is 0.632. The Morgan fingerprint density at radius 2 is 2.42 bits per heavy atom. The second-order valence-electron chi connectivity index (χ2n) is 4.08. The Kier molecular flexibility index (Phi) is 0.982. The maximum atomic E-state index is 2.39. The summed E-state index contributed by atoms with van der Waals surface area (Å²) in [5.41, 5.74) is 3.34. The highest BCUT2D eigenvalue weighted by molar-refractivity contribution is 5.52. The molecule has 0 N–H and O–H groups in total. The molecule has 1 saturated carbocycles. The highest BCUT2D eigenvalue weighted by Crippen LogP contribution is 2.62. The molecule has 3 rings (SSSR count). The zero-order chi connectivity index (χ0) is 8.18. The van der Waals surface area contributed by atoms with E-state index in [0.29, 0.717) is 5.41 Å². The second-order valence-corrected chi connectivity index (χ2v) is 4.08. The van der Waals surface area contributed by atoms with E-state index in [2.05, 4.69) is 43.4 Å². The lowest BCUT2D eigenvalue weighted by Gasteiger charge is -2.20. The molecule has 12 heavy (non-hydrogen) atoms. The van der Waals surface area contributed by atoms with Gasteiger partial charge in [-0.2, -0.15) is 0 Å². The normalized spacial score (nSPS) is 41.2. The molecule has 0 radical (unpaired) electrons. The first kappa shape index (κ1) is 6.47. The van der Waals surface area contributed by atoms with Gasteiger partial charge in [-0.05, 0) is 24.8 Å². The van der Waals surface area contributed by atoms with Crippen LogP contribution in [0.1, 0.15) is 13.3 Å². The van der Waals surface area contributed by atoms with Crippen LogP contribution in [0.2, 0.25) is 0 Å². The van der Waals surface area contributed by atoms with Crippen LogP contribution in [0.5, 0.6) is 0 Å². The molecule has 3 aliphatic carbocycles. The van der Waals surface area contributed by atoms with Gasteiger partial charge in [0.15, 0.2) is 0 Å². The minimum absolute atomic E-state index is 0.439. The molecule has 0 nitrogen and oxygen atoms in total. The molecule has 0 aromatic carbocycles. The summed E-state index contributed by atoms with van der Waals surface area (Å²) in [7, 11) is 0. The van der Waals surface area contributed by atoms with Crippen molar-refractivity contribution in [1.82, 2.24) is 0 Å². The summed E-state index contributed by atoms with van der Waals surface area (Å²) in [6.07, 6.45) is 15.1. The van der Waals surface area contributed by atoms with Crippen LogP contribution in [0, 0.1) is 11.3 Å².